The average molecular weight is 323 g/mol. The molecular formula is C12H8N2O7P-. The fourth-order valence-corrected chi connectivity index (χ4v) is 2.11. The summed E-state index contributed by atoms with van der Waals surface area (Å²) in [5.74, 6) is -0.0264. The number of benzene rings is 2. The van der Waals surface area contributed by atoms with Crippen LogP contribution in [0.15, 0.2) is 48.5 Å². The van der Waals surface area contributed by atoms with Crippen molar-refractivity contribution >= 4 is 20.0 Å². The quantitative estimate of drug-likeness (QED) is 0.454. The normalized spacial score (nSPS) is 10.3. The van der Waals surface area contributed by atoms with Crippen LogP contribution in [-0.2, 0) is 0 Å². The molecule has 0 heterocycles. The maximum Gasteiger partial charge on any atom is 0.273 e. The Kier molecular flexibility index (Phi) is 4.82. The number of rotatable bonds is 6. The lowest BCUT2D eigenvalue weighted by Gasteiger charge is -2.22. The molecule has 0 aliphatic rings. The van der Waals surface area contributed by atoms with Gasteiger partial charge in [0, 0.05) is 12.1 Å². The molecule has 2 aromatic rings. The van der Waals surface area contributed by atoms with Gasteiger partial charge in [0.2, 0.25) is 8.60 Å². The molecule has 10 heteroatoms. The van der Waals surface area contributed by atoms with Crippen molar-refractivity contribution < 1.29 is 23.8 Å². The molecule has 0 aliphatic heterocycles. The Morgan fingerprint density at radius 3 is 1.59 bits per heavy atom. The molecule has 114 valence electrons. The minimum Gasteiger partial charge on any atom is -0.765 e. The topological polar surface area (TPSA) is 128 Å². The second-order valence-corrected chi connectivity index (χ2v) is 4.73. The van der Waals surface area contributed by atoms with E-state index in [1.54, 1.807) is 0 Å². The molecule has 0 unspecified atom stereocenters. The van der Waals surface area contributed by atoms with Gasteiger partial charge >= 0.3 is 0 Å². The highest BCUT2D eigenvalue weighted by molar-refractivity contribution is 7.39. The molecule has 0 bridgehead atoms. The zero-order valence-electron chi connectivity index (χ0n) is 10.8. The summed E-state index contributed by atoms with van der Waals surface area (Å²) in [6, 6.07) is 10.2. The maximum absolute atomic E-state index is 11.7. The summed E-state index contributed by atoms with van der Waals surface area (Å²) in [5, 5.41) is 21.2. The Morgan fingerprint density at radius 1 is 0.818 bits per heavy atom. The standard InChI is InChI=1S/C12H8N2O7P/c15-13(16)9-3-1-5-11(7-9)20-22(19)21-12-6-2-4-10(8-12)14(17)18/h1-8H/q-1. The molecule has 0 radical (unpaired) electrons. The molecule has 9 nitrogen and oxygen atoms in total. The number of nitro benzene ring substituents is 2. The lowest BCUT2D eigenvalue weighted by atomic mass is 10.3. The Hall–Kier alpha value is -2.77. The first kappa shape index (κ1) is 15.6. The molecule has 0 atom stereocenters. The van der Waals surface area contributed by atoms with Gasteiger partial charge in [0.05, 0.1) is 22.0 Å². The van der Waals surface area contributed by atoms with Crippen LogP contribution in [0, 0.1) is 20.2 Å². The summed E-state index contributed by atoms with van der Waals surface area (Å²) in [7, 11) is -2.69. The number of nitro groups is 2. The molecule has 0 N–H and O–H groups in total. The maximum atomic E-state index is 11.7. The highest BCUT2D eigenvalue weighted by Crippen LogP contribution is 2.35. The van der Waals surface area contributed by atoms with E-state index in [1.165, 1.54) is 36.4 Å². The van der Waals surface area contributed by atoms with Gasteiger partial charge in [0.25, 0.3) is 11.4 Å². The zero-order valence-corrected chi connectivity index (χ0v) is 11.7. The van der Waals surface area contributed by atoms with Gasteiger partial charge in [-0.3, -0.25) is 20.2 Å². The first-order valence-electron chi connectivity index (χ1n) is 5.78. The van der Waals surface area contributed by atoms with E-state index < -0.39 is 18.4 Å². The Morgan fingerprint density at radius 2 is 1.23 bits per heavy atom. The Labute approximate surface area is 125 Å². The van der Waals surface area contributed by atoms with Gasteiger partial charge in [-0.1, -0.05) is 12.1 Å². The Bertz CT molecular complexity index is 650. The predicted molar refractivity (Wildman–Crippen MR) is 74.4 cm³/mol. The van der Waals surface area contributed by atoms with Crippen molar-refractivity contribution in [3.63, 3.8) is 0 Å². The third kappa shape index (κ3) is 4.11. The monoisotopic (exact) mass is 323 g/mol. The highest BCUT2D eigenvalue weighted by atomic mass is 31.2. The fourth-order valence-electron chi connectivity index (χ4n) is 1.50. The largest absolute Gasteiger partial charge is 0.765 e. The van der Waals surface area contributed by atoms with E-state index in [4.69, 9.17) is 9.05 Å². The van der Waals surface area contributed by atoms with Gasteiger partial charge in [-0.25, -0.2) is 0 Å². The lowest BCUT2D eigenvalue weighted by molar-refractivity contribution is -0.385. The minimum atomic E-state index is -2.69. The smallest absolute Gasteiger partial charge is 0.273 e. The van der Waals surface area contributed by atoms with E-state index in [2.05, 4.69) is 0 Å². The minimum absolute atomic E-state index is 0.0132. The van der Waals surface area contributed by atoms with Gasteiger partial charge in [-0.15, -0.1) is 0 Å². The van der Waals surface area contributed by atoms with Crippen LogP contribution in [0.1, 0.15) is 0 Å². The molecule has 0 fully saturated rings. The second-order valence-electron chi connectivity index (χ2n) is 3.92. The Balaban J connectivity index is 2.05. The van der Waals surface area contributed by atoms with Crippen LogP contribution in [0.25, 0.3) is 0 Å². The molecule has 0 saturated heterocycles. The van der Waals surface area contributed by atoms with Crippen LogP contribution < -0.4 is 13.9 Å². The van der Waals surface area contributed by atoms with Crippen molar-refractivity contribution in [3.8, 4) is 11.5 Å². The third-order valence-electron chi connectivity index (χ3n) is 2.42. The highest BCUT2D eigenvalue weighted by Gasteiger charge is 2.10. The molecule has 0 spiro atoms. The predicted octanol–water partition coefficient (Wildman–Crippen LogP) is 2.55. The van der Waals surface area contributed by atoms with Gasteiger partial charge in [-0.2, -0.15) is 0 Å². The molecule has 0 aliphatic carbocycles. The summed E-state index contributed by atoms with van der Waals surface area (Å²) >= 11 is 0. The molecule has 0 aromatic heterocycles. The van der Waals surface area contributed by atoms with Gasteiger partial charge in [0.15, 0.2) is 0 Å². The number of hydrogen-bond acceptors (Lipinski definition) is 7. The summed E-state index contributed by atoms with van der Waals surface area (Å²) in [6.45, 7) is 0. The fraction of sp³-hybridized carbons (Fsp3) is 0. The first-order chi connectivity index (χ1) is 10.5. The van der Waals surface area contributed by atoms with Crippen molar-refractivity contribution in [1.82, 2.24) is 0 Å². The summed E-state index contributed by atoms with van der Waals surface area (Å²) in [5.41, 5.74) is -0.451. The van der Waals surface area contributed by atoms with Crippen molar-refractivity contribution in [2.75, 3.05) is 0 Å². The van der Waals surface area contributed by atoms with Crippen LogP contribution in [0.3, 0.4) is 0 Å². The average Bonchev–Trinajstić information content (AvgIpc) is 2.47. The number of hydrogen-bond donors (Lipinski definition) is 0. The van der Waals surface area contributed by atoms with E-state index in [0.29, 0.717) is 0 Å². The van der Waals surface area contributed by atoms with Gasteiger partial charge in [-0.05, 0) is 12.1 Å². The van der Waals surface area contributed by atoms with Crippen molar-refractivity contribution in [1.29, 1.82) is 0 Å². The third-order valence-corrected chi connectivity index (χ3v) is 3.14. The molecule has 22 heavy (non-hydrogen) atoms. The SMILES string of the molecule is O=[N+]([O-])c1cccc(OP([O-])Oc2cccc([N+](=O)[O-])c2)c1. The molecule has 0 saturated carbocycles. The van der Waals surface area contributed by atoms with Gasteiger partial charge < -0.3 is 13.9 Å². The van der Waals surface area contributed by atoms with E-state index in [-0.39, 0.29) is 22.9 Å². The van der Waals surface area contributed by atoms with E-state index in [0.717, 1.165) is 12.1 Å². The van der Waals surface area contributed by atoms with Crippen LogP contribution in [0.2, 0.25) is 0 Å². The molecular weight excluding hydrogens is 315 g/mol. The molecule has 0 amide bonds. The first-order valence-corrected chi connectivity index (χ1v) is 6.87. The van der Waals surface area contributed by atoms with Crippen LogP contribution >= 0.6 is 8.60 Å². The molecule has 2 rings (SSSR count). The lowest BCUT2D eigenvalue weighted by Crippen LogP contribution is -2.07. The number of nitrogens with zero attached hydrogens (tertiary/aromatic N) is 2. The van der Waals surface area contributed by atoms with E-state index in [9.17, 15) is 25.1 Å². The van der Waals surface area contributed by atoms with E-state index in [1.807, 2.05) is 0 Å². The van der Waals surface area contributed by atoms with Crippen LogP contribution in [0.5, 0.6) is 11.5 Å². The van der Waals surface area contributed by atoms with E-state index >= 15 is 0 Å². The van der Waals surface area contributed by atoms with Crippen molar-refractivity contribution in [3.05, 3.63) is 68.8 Å². The number of non-ortho nitro benzene ring substituents is 2. The summed E-state index contributed by atoms with van der Waals surface area (Å²) in [6.07, 6.45) is 0. The van der Waals surface area contributed by atoms with Crippen LogP contribution in [-0.4, -0.2) is 9.85 Å². The molecule has 2 aromatic carbocycles. The summed E-state index contributed by atoms with van der Waals surface area (Å²) < 4.78 is 9.84. The van der Waals surface area contributed by atoms with Gasteiger partial charge in [0.1, 0.15) is 11.5 Å². The zero-order chi connectivity index (χ0) is 16.1. The second kappa shape index (κ2) is 6.79. The van der Waals surface area contributed by atoms with Crippen LogP contribution in [0.4, 0.5) is 11.4 Å². The summed E-state index contributed by atoms with van der Waals surface area (Å²) in [4.78, 5) is 31.7. The van der Waals surface area contributed by atoms with Crippen molar-refractivity contribution in [2.45, 2.75) is 0 Å². The van der Waals surface area contributed by atoms with Crippen molar-refractivity contribution in [2.24, 2.45) is 0 Å².